The summed E-state index contributed by atoms with van der Waals surface area (Å²) in [6.07, 6.45) is 4.79. The minimum atomic E-state index is -0.979. The van der Waals surface area contributed by atoms with Crippen LogP contribution in [0.4, 0.5) is 0 Å². The number of halogens is 3. The molecule has 0 aromatic heterocycles. The molecule has 1 aliphatic rings. The molecular formula is C20H26Cl3HfN. The van der Waals surface area contributed by atoms with Crippen LogP contribution in [0.25, 0.3) is 6.08 Å². The van der Waals surface area contributed by atoms with Crippen LogP contribution in [0.15, 0.2) is 60.7 Å². The van der Waals surface area contributed by atoms with E-state index in [9.17, 15) is 0 Å². The van der Waals surface area contributed by atoms with Crippen molar-refractivity contribution in [3.05, 3.63) is 77.4 Å². The monoisotopic (exact) mass is 565 g/mol. The average Bonchev–Trinajstić information content (AvgIpc) is 2.90. The largest absolute Gasteiger partial charge is 0.147 e. The minimum Gasteiger partial charge on any atom is -0.147 e. The molecule has 3 rings (SSSR count). The van der Waals surface area contributed by atoms with E-state index < -0.39 is 22.9 Å². The van der Waals surface area contributed by atoms with E-state index in [4.69, 9.17) is 0 Å². The molecule has 1 nitrogen and oxygen atoms in total. The Balaban J connectivity index is 0.00000192. The second-order valence-electron chi connectivity index (χ2n) is 6.55. The van der Waals surface area contributed by atoms with E-state index in [0.717, 1.165) is 6.54 Å². The van der Waals surface area contributed by atoms with Gasteiger partial charge in [-0.2, -0.15) is 0 Å². The number of rotatable bonds is 5. The summed E-state index contributed by atoms with van der Waals surface area (Å²) < 4.78 is 1.05. The van der Waals surface area contributed by atoms with E-state index in [-0.39, 0.29) is 37.2 Å². The van der Waals surface area contributed by atoms with Crippen molar-refractivity contribution in [2.45, 2.75) is 13.8 Å². The van der Waals surface area contributed by atoms with E-state index in [1.165, 1.54) is 11.1 Å². The van der Waals surface area contributed by atoms with Gasteiger partial charge in [0, 0.05) is 0 Å². The summed E-state index contributed by atoms with van der Waals surface area (Å²) in [4.78, 5) is 2.35. The van der Waals surface area contributed by atoms with Gasteiger partial charge in [-0.15, -0.1) is 37.2 Å². The maximum absolute atomic E-state index is 2.49. The molecule has 0 spiro atoms. The summed E-state index contributed by atoms with van der Waals surface area (Å²) in [5.74, 6) is 0. The molecule has 0 radical (unpaired) electrons. The smallest absolute Gasteiger partial charge is 0.147 e. The molecule has 0 heterocycles. The summed E-state index contributed by atoms with van der Waals surface area (Å²) in [6, 6.07) is 20.1. The van der Waals surface area contributed by atoms with Gasteiger partial charge in [0.1, 0.15) is 0 Å². The number of allylic oxidation sites excluding steroid dienone is 1. The number of nitrogens with zero attached hydrogens (tertiary/aromatic N) is 1. The van der Waals surface area contributed by atoms with Crippen LogP contribution < -0.4 is 0 Å². The third-order valence-corrected chi connectivity index (χ3v) is 11.1. The van der Waals surface area contributed by atoms with Crippen molar-refractivity contribution in [2.75, 3.05) is 20.6 Å². The molecule has 0 bridgehead atoms. The van der Waals surface area contributed by atoms with Crippen LogP contribution in [-0.4, -0.2) is 25.5 Å². The summed E-state index contributed by atoms with van der Waals surface area (Å²) in [6.45, 7) is 3.63. The topological polar surface area (TPSA) is 3.24 Å². The quantitative estimate of drug-likeness (QED) is 0.429. The van der Waals surface area contributed by atoms with Crippen LogP contribution in [0.3, 0.4) is 0 Å². The molecule has 2 atom stereocenters. The molecular weight excluding hydrogens is 539 g/mol. The van der Waals surface area contributed by atoms with E-state index in [1.807, 2.05) is 0 Å². The van der Waals surface area contributed by atoms with E-state index in [2.05, 4.69) is 92.7 Å². The second-order valence-corrected chi connectivity index (χ2v) is 13.8. The SMILES string of the molecule is CN(C)C[C](C)([Hf][CH]1C=Cc2ccccc21)c1ccccc1.Cl.Cl.Cl. The molecule has 136 valence electrons. The van der Waals surface area contributed by atoms with Crippen LogP contribution in [0, 0.1) is 0 Å². The Morgan fingerprint density at radius 2 is 1.52 bits per heavy atom. The van der Waals surface area contributed by atoms with Gasteiger partial charge in [0.25, 0.3) is 0 Å². The van der Waals surface area contributed by atoms with Gasteiger partial charge in [-0.25, -0.2) is 0 Å². The molecule has 5 heteroatoms. The Labute approximate surface area is 181 Å². The fourth-order valence-electron chi connectivity index (χ4n) is 3.38. The molecule has 0 fully saturated rings. The van der Waals surface area contributed by atoms with Gasteiger partial charge in [-0.1, -0.05) is 0 Å². The third kappa shape index (κ3) is 5.94. The molecule has 0 aliphatic heterocycles. The van der Waals surface area contributed by atoms with Crippen molar-refractivity contribution in [1.29, 1.82) is 0 Å². The standard InChI is InChI=1S/C11H16N.C9H7.3ClH.Hf/c1-10(9-12(2)3)11-7-5-4-6-8-11;1-2-5-9-7-3-6-8(9)4-1;;;;/h4-8H,9H2,1-3H3;1-7H;3*1H;. The maximum Gasteiger partial charge on any atom is -0.147 e. The Kier molecular flexibility index (Phi) is 10.8. The number of likely N-dealkylation sites (N-methyl/N-ethyl adjacent to an activating group) is 1. The van der Waals surface area contributed by atoms with Crippen LogP contribution in [-0.2, 0) is 26.1 Å². The second kappa shape index (κ2) is 10.9. The van der Waals surface area contributed by atoms with E-state index in [1.54, 1.807) is 5.56 Å². The summed E-state index contributed by atoms with van der Waals surface area (Å²) in [7, 11) is 4.39. The maximum atomic E-state index is 2.49. The van der Waals surface area contributed by atoms with Crippen LogP contribution in [0.2, 0.25) is 0 Å². The van der Waals surface area contributed by atoms with Gasteiger partial charge in [0.2, 0.25) is 0 Å². The van der Waals surface area contributed by atoms with Crippen molar-refractivity contribution >= 4 is 43.3 Å². The number of fused-ring (bicyclic) bond motifs is 1. The first-order valence-electron chi connectivity index (χ1n) is 7.83. The van der Waals surface area contributed by atoms with Crippen molar-refractivity contribution in [1.82, 2.24) is 4.90 Å². The molecule has 0 saturated heterocycles. The van der Waals surface area contributed by atoms with Gasteiger partial charge >= 0.3 is 146 Å². The first kappa shape index (κ1) is 24.9. The first-order chi connectivity index (χ1) is 10.6. The summed E-state index contributed by atoms with van der Waals surface area (Å²) in [5.41, 5.74) is 4.51. The predicted molar refractivity (Wildman–Crippen MR) is 112 cm³/mol. The molecule has 0 N–H and O–H groups in total. The number of benzene rings is 2. The number of hydrogen-bond donors (Lipinski definition) is 0. The van der Waals surface area contributed by atoms with Gasteiger partial charge in [0.05, 0.1) is 0 Å². The Morgan fingerprint density at radius 3 is 2.16 bits per heavy atom. The Morgan fingerprint density at radius 1 is 0.920 bits per heavy atom. The van der Waals surface area contributed by atoms with Crippen molar-refractivity contribution < 1.29 is 22.9 Å². The summed E-state index contributed by atoms with van der Waals surface area (Å²) >= 11 is -0.979. The van der Waals surface area contributed by atoms with Crippen molar-refractivity contribution in [2.24, 2.45) is 0 Å². The minimum absolute atomic E-state index is 0. The van der Waals surface area contributed by atoms with Crippen molar-refractivity contribution in [3.63, 3.8) is 0 Å². The summed E-state index contributed by atoms with van der Waals surface area (Å²) in [5, 5.41) is 0. The fraction of sp³-hybridized carbons (Fsp3) is 0.300. The Hall–Kier alpha value is -0.120. The van der Waals surface area contributed by atoms with E-state index in [0.29, 0.717) is 6.85 Å². The van der Waals surface area contributed by atoms with Gasteiger partial charge in [0.15, 0.2) is 0 Å². The Bertz CT molecular complexity index is 676. The van der Waals surface area contributed by atoms with Gasteiger partial charge in [-0.05, 0) is 0 Å². The van der Waals surface area contributed by atoms with Crippen molar-refractivity contribution in [3.8, 4) is 0 Å². The predicted octanol–water partition coefficient (Wildman–Crippen LogP) is 5.58. The van der Waals surface area contributed by atoms with Gasteiger partial charge in [-0.3, -0.25) is 0 Å². The molecule has 25 heavy (non-hydrogen) atoms. The molecule has 0 amide bonds. The first-order valence-corrected chi connectivity index (χ1v) is 11.7. The van der Waals surface area contributed by atoms with E-state index >= 15 is 0 Å². The normalized spacial score (nSPS) is 16.7. The molecule has 2 aromatic rings. The molecule has 1 aliphatic carbocycles. The zero-order valence-corrected chi connectivity index (χ0v) is 20.8. The zero-order valence-electron chi connectivity index (χ0n) is 14.8. The zero-order chi connectivity index (χ0) is 15.6. The van der Waals surface area contributed by atoms with Crippen LogP contribution in [0.5, 0.6) is 0 Å². The average molecular weight is 565 g/mol. The fourth-order valence-corrected chi connectivity index (χ4v) is 10.7. The third-order valence-electron chi connectivity index (χ3n) is 4.32. The molecule has 2 aromatic carbocycles. The molecule has 0 saturated carbocycles. The van der Waals surface area contributed by atoms with Crippen LogP contribution in [0.1, 0.15) is 27.3 Å². The number of hydrogen-bond acceptors (Lipinski definition) is 1. The molecule has 2 unspecified atom stereocenters. The van der Waals surface area contributed by atoms with Crippen LogP contribution >= 0.6 is 37.2 Å². The van der Waals surface area contributed by atoms with Gasteiger partial charge < -0.3 is 0 Å².